The van der Waals surface area contributed by atoms with E-state index < -0.39 is 31.9 Å². The van der Waals surface area contributed by atoms with Crippen molar-refractivity contribution >= 4 is 0 Å². The molecular weight excluding hydrogens is 225 g/mol. The molecular formula is C16H19FN+. The van der Waals surface area contributed by atoms with Crippen molar-refractivity contribution in [2.24, 2.45) is 7.05 Å². The highest BCUT2D eigenvalue weighted by Crippen LogP contribution is 2.24. The predicted octanol–water partition coefficient (Wildman–Crippen LogP) is 3.55. The number of rotatable bonds is 1. The Labute approximate surface area is 121 Å². The van der Waals surface area contributed by atoms with Crippen molar-refractivity contribution in [3.05, 3.63) is 52.5 Å². The second-order valence-corrected chi connectivity index (χ2v) is 4.24. The summed E-state index contributed by atoms with van der Waals surface area (Å²) in [5, 5.41) is 0. The first-order chi connectivity index (χ1) is 12.0. The summed E-state index contributed by atoms with van der Waals surface area (Å²) in [6.07, 6.45) is 1.20. The maximum absolute atomic E-state index is 14.1. The molecule has 1 nitrogen and oxygen atoms in total. The Bertz CT molecular complexity index is 879. The fourth-order valence-corrected chi connectivity index (χ4v) is 1.87. The number of pyridine rings is 1. The Kier molecular flexibility index (Phi) is 1.39. The summed E-state index contributed by atoms with van der Waals surface area (Å²) in [5.41, 5.74) is -0.170. The van der Waals surface area contributed by atoms with Crippen molar-refractivity contribution in [3.8, 4) is 11.3 Å². The van der Waals surface area contributed by atoms with Gasteiger partial charge in [0.05, 0.1) is 0 Å². The van der Waals surface area contributed by atoms with Crippen LogP contribution in [0, 0.1) is 33.3 Å². The molecule has 1 aromatic carbocycles. The van der Waals surface area contributed by atoms with Crippen LogP contribution in [0.15, 0.2) is 24.4 Å². The quantitative estimate of drug-likeness (QED) is 0.684. The highest BCUT2D eigenvalue weighted by atomic mass is 19.1. The lowest BCUT2D eigenvalue weighted by molar-refractivity contribution is -0.660. The normalized spacial score (nSPS) is 20.3. The Balaban J connectivity index is 2.85. The van der Waals surface area contributed by atoms with E-state index in [9.17, 15) is 4.39 Å². The van der Waals surface area contributed by atoms with Gasteiger partial charge in [-0.15, -0.1) is 0 Å². The average Bonchev–Trinajstić information content (AvgIpc) is 2.44. The largest absolute Gasteiger partial charge is 0.212 e. The number of aryl methyl sites for hydroxylation is 5. The molecule has 0 fully saturated rings. The van der Waals surface area contributed by atoms with Crippen molar-refractivity contribution in [2.45, 2.75) is 27.5 Å². The number of hydrogen-bond acceptors (Lipinski definition) is 0. The first-order valence-corrected chi connectivity index (χ1v) is 5.39. The molecule has 0 saturated heterocycles. The highest BCUT2D eigenvalue weighted by molar-refractivity contribution is 5.63. The minimum atomic E-state index is -2.69. The van der Waals surface area contributed by atoms with Gasteiger partial charge in [0.15, 0.2) is 6.20 Å². The first-order valence-electron chi connectivity index (χ1n) is 9.89. The molecule has 2 aromatic rings. The lowest BCUT2D eigenvalue weighted by Crippen LogP contribution is -2.31. The third-order valence-electron chi connectivity index (χ3n) is 2.86. The zero-order chi connectivity index (χ0) is 20.9. The summed E-state index contributed by atoms with van der Waals surface area (Å²) < 4.78 is 83.8. The van der Waals surface area contributed by atoms with Crippen molar-refractivity contribution in [2.75, 3.05) is 0 Å². The van der Waals surface area contributed by atoms with Gasteiger partial charge < -0.3 is 0 Å². The van der Waals surface area contributed by atoms with Crippen molar-refractivity contribution in [1.29, 1.82) is 0 Å². The molecule has 1 heterocycles. The molecule has 0 bridgehead atoms. The van der Waals surface area contributed by atoms with Gasteiger partial charge in [0.25, 0.3) is 0 Å². The molecule has 0 atom stereocenters. The number of hydrogen-bond donors (Lipinski definition) is 0. The van der Waals surface area contributed by atoms with E-state index in [1.54, 1.807) is 6.92 Å². The van der Waals surface area contributed by atoms with Gasteiger partial charge in [-0.05, 0) is 56.3 Å². The third kappa shape index (κ3) is 2.15. The molecule has 0 spiro atoms. The van der Waals surface area contributed by atoms with Crippen molar-refractivity contribution in [1.82, 2.24) is 0 Å². The highest BCUT2D eigenvalue weighted by Gasteiger charge is 2.15. The van der Waals surface area contributed by atoms with E-state index in [0.717, 1.165) is 12.1 Å². The van der Waals surface area contributed by atoms with Crippen molar-refractivity contribution < 1.29 is 21.3 Å². The predicted molar refractivity (Wildman–Crippen MR) is 72.0 cm³/mol. The first kappa shape index (κ1) is 5.52. The van der Waals surface area contributed by atoms with Crippen LogP contribution in [0.3, 0.4) is 0 Å². The number of halogens is 1. The lowest BCUT2D eigenvalue weighted by Gasteiger charge is -2.08. The van der Waals surface area contributed by atoms with Gasteiger partial charge in [-0.2, -0.15) is 0 Å². The van der Waals surface area contributed by atoms with Crippen LogP contribution in [-0.4, -0.2) is 0 Å². The van der Waals surface area contributed by atoms with Gasteiger partial charge in [0.1, 0.15) is 12.9 Å². The van der Waals surface area contributed by atoms with Crippen LogP contribution in [0.25, 0.3) is 11.3 Å². The minimum Gasteiger partial charge on any atom is -0.207 e. The van der Waals surface area contributed by atoms with Crippen LogP contribution in [0.5, 0.6) is 0 Å². The third-order valence-corrected chi connectivity index (χ3v) is 2.86. The molecule has 0 aliphatic carbocycles. The summed E-state index contributed by atoms with van der Waals surface area (Å²) in [4.78, 5) is 0. The molecule has 0 unspecified atom stereocenters. The van der Waals surface area contributed by atoms with E-state index in [1.807, 2.05) is 0 Å². The fraction of sp³-hybridized carbons (Fsp3) is 0.312. The Morgan fingerprint density at radius 3 is 2.39 bits per heavy atom. The van der Waals surface area contributed by atoms with Gasteiger partial charge in [-0.3, -0.25) is 0 Å². The van der Waals surface area contributed by atoms with Crippen molar-refractivity contribution in [3.63, 3.8) is 0 Å². The number of benzene rings is 1. The van der Waals surface area contributed by atoms with E-state index in [2.05, 4.69) is 0 Å². The minimum absolute atomic E-state index is 0.275. The van der Waals surface area contributed by atoms with Gasteiger partial charge in [0, 0.05) is 29.5 Å². The van der Waals surface area contributed by atoms with E-state index >= 15 is 0 Å². The molecule has 18 heavy (non-hydrogen) atoms. The van der Waals surface area contributed by atoms with Gasteiger partial charge in [0.2, 0.25) is 5.69 Å². The molecule has 0 saturated carbocycles. The molecule has 2 heteroatoms. The molecule has 2 rings (SSSR count). The monoisotopic (exact) mass is 253 g/mol. The molecule has 0 N–H and O–H groups in total. The zero-order valence-corrected chi connectivity index (χ0v) is 10.1. The van der Waals surface area contributed by atoms with Crippen LogP contribution in [0.4, 0.5) is 4.39 Å². The van der Waals surface area contributed by atoms with Crippen LogP contribution in [0.1, 0.15) is 34.6 Å². The maximum Gasteiger partial charge on any atom is 0.212 e. The fourth-order valence-electron chi connectivity index (χ4n) is 1.87. The smallest absolute Gasteiger partial charge is 0.207 e. The topological polar surface area (TPSA) is 3.88 Å². The summed E-state index contributed by atoms with van der Waals surface area (Å²) in [6.45, 7) is -6.44. The van der Waals surface area contributed by atoms with Crippen LogP contribution in [0.2, 0.25) is 0 Å². The molecule has 94 valence electrons. The van der Waals surface area contributed by atoms with E-state index in [4.69, 9.17) is 12.3 Å². The van der Waals surface area contributed by atoms with E-state index in [0.29, 0.717) is 11.1 Å². The van der Waals surface area contributed by atoms with E-state index in [-0.39, 0.29) is 16.8 Å². The van der Waals surface area contributed by atoms with Gasteiger partial charge >= 0.3 is 0 Å². The van der Waals surface area contributed by atoms with Crippen LogP contribution in [-0.2, 0) is 7.05 Å². The molecule has 0 aliphatic rings. The zero-order valence-electron chi connectivity index (χ0n) is 19.1. The maximum atomic E-state index is 14.1. The molecule has 0 amide bonds. The molecule has 0 aliphatic heterocycles. The summed E-state index contributed by atoms with van der Waals surface area (Å²) >= 11 is 0. The summed E-state index contributed by atoms with van der Waals surface area (Å²) in [6, 6.07) is 3.44. The van der Waals surface area contributed by atoms with Gasteiger partial charge in [-0.1, -0.05) is 0 Å². The Hall–Kier alpha value is -1.70. The summed E-state index contributed by atoms with van der Waals surface area (Å²) in [5.74, 6) is -0.881. The second-order valence-electron chi connectivity index (χ2n) is 4.24. The lowest BCUT2D eigenvalue weighted by atomic mass is 9.99. The Morgan fingerprint density at radius 1 is 1.00 bits per heavy atom. The molecule has 0 radical (unpaired) electrons. The summed E-state index contributed by atoms with van der Waals surface area (Å²) in [7, 11) is 1.52. The molecule has 1 aromatic heterocycles. The van der Waals surface area contributed by atoms with Gasteiger partial charge in [-0.25, -0.2) is 8.96 Å². The number of nitrogens with zero attached hydrogens (tertiary/aromatic N) is 1. The average molecular weight is 253 g/mol. The second kappa shape index (κ2) is 4.52. The van der Waals surface area contributed by atoms with E-state index in [1.165, 1.54) is 23.9 Å². The van der Waals surface area contributed by atoms with Crippen LogP contribution < -0.4 is 4.57 Å². The SMILES string of the molecule is [2H]C([2H])([2H])c1cc(-c2cc(C([2H])([2H])[2H])c(C([2H])([2H])[2H])c[n+]2C)c(C)cc1F. The standard InChI is InChI=1S/C16H19FN/c1-10-8-16(18(5)9-13(10)4)14-6-12(3)15(17)7-11(14)2/h6-9H,1-5H3/q+1/i1D3,3D3,4D3. The number of aromatic nitrogens is 1. The Morgan fingerprint density at radius 2 is 1.72 bits per heavy atom. The van der Waals surface area contributed by atoms with Crippen LogP contribution >= 0.6 is 0 Å².